The van der Waals surface area contributed by atoms with Crippen molar-refractivity contribution in [2.45, 2.75) is 25.2 Å². The molecule has 2 atom stereocenters. The molecule has 2 fully saturated rings. The zero-order valence-corrected chi connectivity index (χ0v) is 14.7. The molecule has 3 heterocycles. The van der Waals surface area contributed by atoms with Crippen LogP contribution in [0.25, 0.3) is 0 Å². The Hall–Kier alpha value is -3.11. The molecule has 150 valence electrons. The van der Waals surface area contributed by atoms with Crippen molar-refractivity contribution >= 4 is 17.5 Å². The number of anilines is 2. The first-order chi connectivity index (χ1) is 13.1. The van der Waals surface area contributed by atoms with Crippen molar-refractivity contribution < 1.29 is 27.5 Å². The lowest BCUT2D eigenvalue weighted by atomic mass is 9.85. The van der Waals surface area contributed by atoms with Crippen molar-refractivity contribution in [3.8, 4) is 5.75 Å². The maximum atomic E-state index is 14.0. The summed E-state index contributed by atoms with van der Waals surface area (Å²) < 4.78 is 51.8. The van der Waals surface area contributed by atoms with Crippen molar-refractivity contribution in [1.29, 1.82) is 0 Å². The quantitative estimate of drug-likeness (QED) is 0.749. The highest BCUT2D eigenvalue weighted by Crippen LogP contribution is 2.41. The fourth-order valence-electron chi connectivity index (χ4n) is 3.14. The molecule has 4 rings (SSSR count). The summed E-state index contributed by atoms with van der Waals surface area (Å²) in [5.74, 6) is -0.762. The van der Waals surface area contributed by atoms with Gasteiger partial charge in [-0.1, -0.05) is 0 Å². The first-order valence-corrected chi connectivity index (χ1v) is 8.25. The minimum atomic E-state index is -4.56. The van der Waals surface area contributed by atoms with Gasteiger partial charge < -0.3 is 20.6 Å². The van der Waals surface area contributed by atoms with E-state index in [0.29, 0.717) is 25.1 Å². The number of nitrogens with two attached hydrogens (primary N) is 1. The number of piperazine rings is 1. The number of alkyl halides is 3. The van der Waals surface area contributed by atoms with E-state index in [9.17, 15) is 27.5 Å². The molecule has 7 nitrogen and oxygen atoms in total. The lowest BCUT2D eigenvalue weighted by Gasteiger charge is -2.62. The Balaban J connectivity index is 0.000000516. The van der Waals surface area contributed by atoms with E-state index in [0.717, 1.165) is 6.07 Å². The van der Waals surface area contributed by atoms with Crippen LogP contribution in [0.15, 0.2) is 30.6 Å². The number of rotatable bonds is 2. The predicted molar refractivity (Wildman–Crippen MR) is 92.2 cm³/mol. The van der Waals surface area contributed by atoms with Crippen LogP contribution in [0.3, 0.4) is 0 Å². The lowest BCUT2D eigenvalue weighted by Crippen LogP contribution is -2.80. The Morgan fingerprint density at radius 3 is 2.18 bits per heavy atom. The molecule has 11 heteroatoms. The van der Waals surface area contributed by atoms with Gasteiger partial charge >= 0.3 is 6.18 Å². The number of hydrogen-bond donors (Lipinski definition) is 2. The number of aromatic nitrogens is 2. The van der Waals surface area contributed by atoms with E-state index in [1.165, 1.54) is 25.4 Å². The molecule has 1 amide bonds. The van der Waals surface area contributed by atoms with Gasteiger partial charge in [0.1, 0.15) is 5.82 Å². The molecule has 28 heavy (non-hydrogen) atoms. The fraction of sp³-hybridized carbons (Fsp3) is 0.353. The number of carbonyl (C=O) groups is 1. The standard InChI is InChI=1S/C15H12F4N4O.C2H5NO/c16-10-3-8(15(17,18)19)1-2-11(10)22-6-13-12(22)7-23(13)14-20-4-9(24)5-21-14;1-2(3)4/h1-5,12-13,24H,6-7H2;1H3,(H2,3,4). The van der Waals surface area contributed by atoms with Crippen LogP contribution in [0.1, 0.15) is 12.5 Å². The number of amides is 1. The highest BCUT2D eigenvalue weighted by atomic mass is 19.4. The van der Waals surface area contributed by atoms with Gasteiger partial charge in [0.05, 0.1) is 35.7 Å². The van der Waals surface area contributed by atoms with E-state index in [1.54, 1.807) is 4.90 Å². The lowest BCUT2D eigenvalue weighted by molar-refractivity contribution is -0.137. The molecule has 0 bridgehead atoms. The smallest absolute Gasteiger partial charge is 0.416 e. The number of benzene rings is 1. The molecule has 1 aromatic carbocycles. The van der Waals surface area contributed by atoms with Gasteiger partial charge in [-0.3, -0.25) is 4.79 Å². The monoisotopic (exact) mass is 399 g/mol. The predicted octanol–water partition coefficient (Wildman–Crippen LogP) is 1.91. The molecule has 0 radical (unpaired) electrons. The summed E-state index contributed by atoms with van der Waals surface area (Å²) in [6, 6.07) is 2.71. The molecule has 3 N–H and O–H groups in total. The van der Waals surface area contributed by atoms with Gasteiger partial charge in [0.25, 0.3) is 0 Å². The second-order valence-corrected chi connectivity index (χ2v) is 6.46. The van der Waals surface area contributed by atoms with Gasteiger partial charge in [-0.25, -0.2) is 14.4 Å². The number of aromatic hydroxyl groups is 1. The van der Waals surface area contributed by atoms with Crippen LogP contribution in [0.5, 0.6) is 5.75 Å². The van der Waals surface area contributed by atoms with Crippen molar-refractivity contribution in [1.82, 2.24) is 9.97 Å². The first kappa shape index (κ1) is 19.6. The first-order valence-electron chi connectivity index (χ1n) is 8.25. The average Bonchev–Trinajstić information content (AvgIpc) is 2.57. The van der Waals surface area contributed by atoms with E-state index in [1.807, 2.05) is 4.90 Å². The molecule has 2 aliphatic rings. The van der Waals surface area contributed by atoms with Gasteiger partial charge in [-0.2, -0.15) is 13.2 Å². The van der Waals surface area contributed by atoms with Gasteiger partial charge in [-0.15, -0.1) is 0 Å². The molecule has 2 saturated heterocycles. The van der Waals surface area contributed by atoms with Crippen molar-refractivity contribution in [2.24, 2.45) is 5.73 Å². The molecule has 2 aromatic rings. The summed E-state index contributed by atoms with van der Waals surface area (Å²) in [7, 11) is 0. The number of hydrogen-bond acceptors (Lipinski definition) is 6. The third-order valence-corrected chi connectivity index (χ3v) is 4.48. The summed E-state index contributed by atoms with van der Waals surface area (Å²) in [6.07, 6.45) is -1.97. The Bertz CT molecular complexity index is 871. The highest BCUT2D eigenvalue weighted by molar-refractivity contribution is 5.70. The number of carbonyl (C=O) groups excluding carboxylic acids is 1. The molecule has 1 aromatic heterocycles. The van der Waals surface area contributed by atoms with Crippen molar-refractivity contribution in [2.75, 3.05) is 22.9 Å². The van der Waals surface area contributed by atoms with E-state index < -0.39 is 17.6 Å². The molecular weight excluding hydrogens is 382 g/mol. The van der Waals surface area contributed by atoms with E-state index in [4.69, 9.17) is 0 Å². The minimum Gasteiger partial charge on any atom is -0.505 e. The normalized spacial score (nSPS) is 20.3. The zero-order chi connectivity index (χ0) is 20.6. The molecule has 0 spiro atoms. The minimum absolute atomic E-state index is 0.0219. The van der Waals surface area contributed by atoms with Crippen LogP contribution < -0.4 is 15.5 Å². The molecule has 0 aliphatic carbocycles. The molecule has 0 saturated carbocycles. The van der Waals surface area contributed by atoms with E-state index in [-0.39, 0.29) is 29.4 Å². The molecule has 2 unspecified atom stereocenters. The number of primary amides is 1. The second kappa shape index (κ2) is 7.13. The van der Waals surface area contributed by atoms with Crippen LogP contribution in [-0.2, 0) is 11.0 Å². The van der Waals surface area contributed by atoms with Crippen molar-refractivity contribution in [3.63, 3.8) is 0 Å². The van der Waals surface area contributed by atoms with Gasteiger partial charge in [-0.05, 0) is 18.2 Å². The zero-order valence-electron chi connectivity index (χ0n) is 14.7. The second-order valence-electron chi connectivity index (χ2n) is 6.46. The SMILES string of the molecule is CC(N)=O.Oc1cnc(N2CC3C2CN3c2ccc(C(F)(F)F)cc2F)nc1. The Morgan fingerprint density at radius 1 is 1.18 bits per heavy atom. The molecular formula is C17H17F4N5O2. The highest BCUT2D eigenvalue weighted by Gasteiger charge is 2.53. The summed E-state index contributed by atoms with van der Waals surface area (Å²) in [4.78, 5) is 20.9. The number of nitrogens with zero attached hydrogens (tertiary/aromatic N) is 4. The summed E-state index contributed by atoms with van der Waals surface area (Å²) in [5, 5.41) is 9.19. The van der Waals surface area contributed by atoms with Crippen LogP contribution in [0, 0.1) is 5.82 Å². The number of fused-ring (bicyclic) bond motifs is 1. The largest absolute Gasteiger partial charge is 0.505 e. The summed E-state index contributed by atoms with van der Waals surface area (Å²) >= 11 is 0. The van der Waals surface area contributed by atoms with E-state index in [2.05, 4.69) is 15.7 Å². The summed E-state index contributed by atoms with van der Waals surface area (Å²) in [5.41, 5.74) is 3.66. The Kier molecular flexibility index (Phi) is 5.01. The summed E-state index contributed by atoms with van der Waals surface area (Å²) in [6.45, 7) is 2.34. The molecule has 2 aliphatic heterocycles. The number of halogens is 4. The Morgan fingerprint density at radius 2 is 1.71 bits per heavy atom. The third-order valence-electron chi connectivity index (χ3n) is 4.48. The van der Waals surface area contributed by atoms with Gasteiger partial charge in [0, 0.05) is 20.0 Å². The van der Waals surface area contributed by atoms with Crippen LogP contribution in [-0.4, -0.2) is 46.2 Å². The maximum absolute atomic E-state index is 14.0. The van der Waals surface area contributed by atoms with Gasteiger partial charge in [0.15, 0.2) is 5.75 Å². The average molecular weight is 399 g/mol. The maximum Gasteiger partial charge on any atom is 0.416 e. The van der Waals surface area contributed by atoms with Gasteiger partial charge in [0.2, 0.25) is 11.9 Å². The van der Waals surface area contributed by atoms with Crippen LogP contribution in [0.2, 0.25) is 0 Å². The van der Waals surface area contributed by atoms with Crippen LogP contribution >= 0.6 is 0 Å². The topological polar surface area (TPSA) is 95.6 Å². The van der Waals surface area contributed by atoms with E-state index >= 15 is 0 Å². The fourth-order valence-corrected chi connectivity index (χ4v) is 3.14. The Labute approximate surface area is 157 Å². The van der Waals surface area contributed by atoms with Crippen molar-refractivity contribution in [3.05, 3.63) is 42.0 Å². The van der Waals surface area contributed by atoms with Crippen LogP contribution in [0.4, 0.5) is 29.2 Å². The third kappa shape index (κ3) is 3.78.